The summed E-state index contributed by atoms with van der Waals surface area (Å²) < 4.78 is 52.7. The van der Waals surface area contributed by atoms with E-state index in [0.29, 0.717) is 80.8 Å². The summed E-state index contributed by atoms with van der Waals surface area (Å²) in [6, 6.07) is 19.8. The van der Waals surface area contributed by atoms with Gasteiger partial charge in [-0.2, -0.15) is 14.0 Å². The summed E-state index contributed by atoms with van der Waals surface area (Å²) in [5, 5.41) is 15.6. The normalized spacial score (nSPS) is 23.7. The van der Waals surface area contributed by atoms with E-state index in [1.54, 1.807) is 9.80 Å². The number of ether oxygens (including phenoxy) is 2. The Morgan fingerprint density at radius 3 is 2.36 bits per heavy atom. The van der Waals surface area contributed by atoms with Crippen LogP contribution in [-0.2, 0) is 29.4 Å². The molecule has 3 aromatic carbocycles. The molecule has 6 atom stereocenters. The average Bonchev–Trinajstić information content (AvgIpc) is 4.05. The summed E-state index contributed by atoms with van der Waals surface area (Å²) in [6.45, 7) is 1.37. The molecule has 1 aromatic heterocycles. The second-order valence-corrected chi connectivity index (χ2v) is 20.1. The van der Waals surface area contributed by atoms with Gasteiger partial charge in [-0.1, -0.05) is 43.2 Å². The van der Waals surface area contributed by atoms with Gasteiger partial charge in [0.25, 0.3) is 5.91 Å². The Hall–Kier alpha value is -5.73. The Bertz CT molecular complexity index is 2600. The van der Waals surface area contributed by atoms with Crippen LogP contribution < -0.4 is 20.1 Å². The Balaban J connectivity index is 0.847. The van der Waals surface area contributed by atoms with Crippen LogP contribution in [0.4, 0.5) is 8.78 Å². The zero-order valence-corrected chi connectivity index (χ0v) is 37.6. The number of amides is 5. The van der Waals surface area contributed by atoms with Crippen LogP contribution in [0.1, 0.15) is 102 Å². The minimum atomic E-state index is -5.80. The number of nitrogens with one attached hydrogen (secondary N) is 2. The van der Waals surface area contributed by atoms with Crippen molar-refractivity contribution in [1.29, 1.82) is 5.26 Å². The molecular formula is C47H50F2N5O10PS. The first-order valence-corrected chi connectivity index (χ1v) is 24.6. The van der Waals surface area contributed by atoms with E-state index >= 15 is 0 Å². The molecule has 19 heteroatoms. The van der Waals surface area contributed by atoms with Gasteiger partial charge in [-0.15, -0.1) is 11.3 Å². The highest BCUT2D eigenvalue weighted by Gasteiger charge is 2.51. The molecule has 4 fully saturated rings. The molecule has 4 aliphatic heterocycles. The lowest BCUT2D eigenvalue weighted by Gasteiger charge is -2.36. The predicted octanol–water partition coefficient (Wildman–Crippen LogP) is 6.68. The summed E-state index contributed by atoms with van der Waals surface area (Å²) in [5.41, 5.74) is -3.60. The van der Waals surface area contributed by atoms with Crippen molar-refractivity contribution in [2.75, 3.05) is 26.3 Å². The van der Waals surface area contributed by atoms with Gasteiger partial charge in [0.2, 0.25) is 23.6 Å². The molecule has 4 aromatic rings. The SMILES string of the molecule is N#C[C@@H]1CN(C(=O)[C@@H]2CC[C@@H]3CCCCC(NC(=O)c4cc5cc(C(F)(F)P(=O)(O)O)ccc5s4)C(=O)N32)C[C@H]1c1cccc(OCCCCOc2ccc(C3CCC(=O)NC3=O)cc2)c1. The number of piperidine rings is 1. The number of likely N-dealkylation sites (tertiary alicyclic amines) is 1. The van der Waals surface area contributed by atoms with Gasteiger partial charge in [0.05, 0.1) is 36.0 Å². The van der Waals surface area contributed by atoms with Crippen LogP contribution in [0.25, 0.3) is 10.1 Å². The number of benzene rings is 3. The Labute approximate surface area is 383 Å². The number of thiophene rings is 1. The van der Waals surface area contributed by atoms with Crippen molar-refractivity contribution in [1.82, 2.24) is 20.4 Å². The molecule has 4 saturated heterocycles. The maximum Gasteiger partial charge on any atom is 0.399 e. The molecule has 0 bridgehead atoms. The quantitative estimate of drug-likeness (QED) is 0.0594. The molecule has 2 unspecified atom stereocenters. The molecule has 66 heavy (non-hydrogen) atoms. The van der Waals surface area contributed by atoms with Gasteiger partial charge >= 0.3 is 13.3 Å². The van der Waals surface area contributed by atoms with E-state index in [1.165, 1.54) is 12.1 Å². The minimum absolute atomic E-state index is 0.126. The van der Waals surface area contributed by atoms with Crippen molar-refractivity contribution >= 4 is 58.6 Å². The molecule has 0 aliphatic carbocycles. The van der Waals surface area contributed by atoms with Gasteiger partial charge in [-0.3, -0.25) is 33.9 Å². The van der Waals surface area contributed by atoms with Crippen LogP contribution in [-0.4, -0.2) is 93.6 Å². The van der Waals surface area contributed by atoms with E-state index in [2.05, 4.69) is 16.7 Å². The van der Waals surface area contributed by atoms with Gasteiger partial charge in [0, 0.05) is 41.7 Å². The van der Waals surface area contributed by atoms with Crippen molar-refractivity contribution < 1.29 is 56.6 Å². The number of halogens is 2. The summed E-state index contributed by atoms with van der Waals surface area (Å²) in [6.07, 6.45) is 5.77. The third kappa shape index (κ3) is 10.00. The highest BCUT2D eigenvalue weighted by atomic mass is 32.1. The molecule has 0 spiro atoms. The van der Waals surface area contributed by atoms with E-state index in [0.717, 1.165) is 47.4 Å². The molecule has 0 saturated carbocycles. The number of nitriles is 1. The molecule has 348 valence electrons. The van der Waals surface area contributed by atoms with Crippen LogP contribution in [0.2, 0.25) is 0 Å². The summed E-state index contributed by atoms with van der Waals surface area (Å²) >= 11 is 0.994. The highest BCUT2D eigenvalue weighted by Crippen LogP contribution is 2.59. The van der Waals surface area contributed by atoms with E-state index in [1.807, 2.05) is 48.5 Å². The number of imide groups is 1. The number of hydrogen-bond donors (Lipinski definition) is 4. The van der Waals surface area contributed by atoms with Crippen molar-refractivity contribution in [3.63, 3.8) is 0 Å². The smallest absolute Gasteiger partial charge is 0.399 e. The first kappa shape index (κ1) is 46.8. The summed E-state index contributed by atoms with van der Waals surface area (Å²) in [7, 11) is -5.80. The van der Waals surface area contributed by atoms with Gasteiger partial charge in [-0.05, 0) is 104 Å². The molecular weight excluding hydrogens is 896 g/mol. The maximum atomic E-state index is 14.4. The Morgan fingerprint density at radius 1 is 0.894 bits per heavy atom. The molecule has 15 nitrogen and oxygen atoms in total. The lowest BCUT2D eigenvalue weighted by Crippen LogP contribution is -2.56. The van der Waals surface area contributed by atoms with E-state index in [-0.39, 0.29) is 64.9 Å². The Morgan fingerprint density at radius 2 is 1.64 bits per heavy atom. The van der Waals surface area contributed by atoms with Crippen LogP contribution in [0, 0.1) is 17.2 Å². The fourth-order valence-corrected chi connectivity index (χ4v) is 11.0. The Kier molecular flexibility index (Phi) is 13.9. The van der Waals surface area contributed by atoms with Gasteiger partial charge in [0.1, 0.15) is 23.6 Å². The van der Waals surface area contributed by atoms with Crippen LogP contribution in [0.3, 0.4) is 0 Å². The third-order valence-corrected chi connectivity index (χ3v) is 15.2. The van der Waals surface area contributed by atoms with Gasteiger partial charge < -0.3 is 34.4 Å². The van der Waals surface area contributed by atoms with Crippen LogP contribution >= 0.6 is 18.9 Å². The van der Waals surface area contributed by atoms with Crippen molar-refractivity contribution in [2.24, 2.45) is 5.92 Å². The number of alkyl halides is 2. The van der Waals surface area contributed by atoms with Crippen LogP contribution in [0.15, 0.2) is 72.8 Å². The fourth-order valence-electron chi connectivity index (χ4n) is 9.54. The third-order valence-electron chi connectivity index (χ3n) is 13.1. The number of unbranched alkanes of at least 4 members (excludes halogenated alkanes) is 1. The molecule has 5 amide bonds. The summed E-state index contributed by atoms with van der Waals surface area (Å²) in [5.74, 6) is -1.57. The average molecular weight is 946 g/mol. The number of carbonyl (C=O) groups is 5. The molecule has 8 rings (SSSR count). The van der Waals surface area contributed by atoms with Crippen molar-refractivity contribution in [2.45, 2.75) is 99.8 Å². The topological polar surface area (TPSA) is 216 Å². The molecule has 4 N–H and O–H groups in total. The van der Waals surface area contributed by atoms with E-state index in [4.69, 9.17) is 9.47 Å². The largest absolute Gasteiger partial charge is 0.494 e. The summed E-state index contributed by atoms with van der Waals surface area (Å²) in [4.78, 5) is 87.7. The molecule has 4 aliphatic rings. The minimum Gasteiger partial charge on any atom is -0.494 e. The predicted molar refractivity (Wildman–Crippen MR) is 238 cm³/mol. The van der Waals surface area contributed by atoms with Crippen molar-refractivity contribution in [3.05, 3.63) is 94.4 Å². The first-order chi connectivity index (χ1) is 31.6. The van der Waals surface area contributed by atoms with Crippen molar-refractivity contribution in [3.8, 4) is 17.6 Å². The maximum absolute atomic E-state index is 14.4. The lowest BCUT2D eigenvalue weighted by atomic mass is 9.90. The zero-order valence-electron chi connectivity index (χ0n) is 35.9. The number of fused-ring (bicyclic) bond motifs is 2. The number of rotatable bonds is 14. The highest BCUT2D eigenvalue weighted by molar-refractivity contribution is 7.52. The monoisotopic (exact) mass is 945 g/mol. The zero-order chi connectivity index (χ0) is 46.8. The fraction of sp³-hybridized carbons (Fsp3) is 0.447. The number of hydrogen-bond acceptors (Lipinski definition) is 10. The van der Waals surface area contributed by atoms with Gasteiger partial charge in [-0.25, -0.2) is 0 Å². The lowest BCUT2D eigenvalue weighted by molar-refractivity contribution is -0.146. The second kappa shape index (κ2) is 19.6. The van der Waals surface area contributed by atoms with E-state index < -0.39 is 42.7 Å². The second-order valence-electron chi connectivity index (χ2n) is 17.4. The van der Waals surface area contributed by atoms with Crippen LogP contribution in [0.5, 0.6) is 11.5 Å². The first-order valence-electron chi connectivity index (χ1n) is 22.2. The van der Waals surface area contributed by atoms with Gasteiger partial charge in [0.15, 0.2) is 0 Å². The number of nitrogens with zero attached hydrogens (tertiary/aromatic N) is 3. The molecule has 5 heterocycles. The standard InChI is InChI=1S/C47H50F2N5O10PS/c48-47(49,65(60,61)62)32-12-18-40-30(22-32)24-41(66-40)44(57)51-38-9-2-1-7-33-13-17-39(54(33)45(38)58)46(59)53-26-31(25-50)37(27-53)29-6-5-8-35(23-29)64-21-4-3-20-63-34-14-10-28(11-15-34)36-16-19-42(55)52-43(36)56/h5-6,8,10-12,14-15,18,22-24,31,33,36-39H,1-4,7,9,13,16-17,19-21,26-27H2,(H,51,57)(H,52,55,56)(H2,60,61,62)/t31-,33+,36?,37+,38?,39+/m1/s1. The number of carbonyl (C=O) groups excluding carboxylic acids is 5. The van der Waals surface area contributed by atoms with E-state index in [9.17, 15) is 52.4 Å². The molecule has 0 radical (unpaired) electrons.